The molecule has 0 fully saturated rings. The number of esters is 2. The third-order valence-electron chi connectivity index (χ3n) is 12.8. The van der Waals surface area contributed by atoms with Gasteiger partial charge in [0.15, 0.2) is 6.10 Å². The minimum atomic E-state index is -4.38. The van der Waals surface area contributed by atoms with Crippen LogP contribution in [0, 0.1) is 0 Å². The minimum absolute atomic E-state index is 0.0534. The Bertz CT molecular complexity index is 1470. The average molecular weight is 1040 g/mol. The highest BCUT2D eigenvalue weighted by Gasteiger charge is 2.26. The maximum Gasteiger partial charge on any atom is 0.472 e. The van der Waals surface area contributed by atoms with E-state index in [4.69, 9.17) is 24.3 Å². The number of phosphoric ester groups is 1. The van der Waals surface area contributed by atoms with E-state index in [0.29, 0.717) is 6.42 Å². The molecule has 0 saturated carbocycles. The van der Waals surface area contributed by atoms with Gasteiger partial charge in [-0.15, -0.1) is 0 Å². The first kappa shape index (κ1) is 70.2. The number of rotatable bonds is 56. The number of carbonyl (C=O) groups is 2. The van der Waals surface area contributed by atoms with Crippen LogP contribution in [0.2, 0.25) is 0 Å². The van der Waals surface area contributed by atoms with Crippen LogP contribution in [-0.2, 0) is 32.7 Å². The molecule has 9 nitrogen and oxygen atoms in total. The van der Waals surface area contributed by atoms with E-state index in [0.717, 1.165) is 83.5 Å². The van der Waals surface area contributed by atoms with Crippen LogP contribution in [0.5, 0.6) is 0 Å². The molecule has 2 atom stereocenters. The van der Waals surface area contributed by atoms with Crippen molar-refractivity contribution in [2.75, 3.05) is 26.4 Å². The summed E-state index contributed by atoms with van der Waals surface area (Å²) >= 11 is 0. The summed E-state index contributed by atoms with van der Waals surface area (Å²) in [5.74, 6) is -0.819. The summed E-state index contributed by atoms with van der Waals surface area (Å²) in [7, 11) is -4.38. The lowest BCUT2D eigenvalue weighted by molar-refractivity contribution is -0.161. The molecule has 0 radical (unpaired) electrons. The second-order valence-electron chi connectivity index (χ2n) is 19.8. The zero-order chi connectivity index (χ0) is 53.1. The van der Waals surface area contributed by atoms with Gasteiger partial charge in [0.2, 0.25) is 0 Å². The zero-order valence-corrected chi connectivity index (χ0v) is 48.0. The van der Waals surface area contributed by atoms with Crippen LogP contribution in [0.3, 0.4) is 0 Å². The highest BCUT2D eigenvalue weighted by molar-refractivity contribution is 7.47. The Labute approximate surface area is 449 Å². The van der Waals surface area contributed by atoms with E-state index in [1.807, 2.05) is 0 Å². The van der Waals surface area contributed by atoms with Gasteiger partial charge in [0.25, 0.3) is 0 Å². The smallest absolute Gasteiger partial charge is 0.462 e. The normalized spacial score (nSPS) is 13.6. The Kier molecular flexibility index (Phi) is 56.2. The Hall–Kier alpha value is -2.81. The summed E-state index contributed by atoms with van der Waals surface area (Å²) < 4.78 is 33.0. The quantitative estimate of drug-likeness (QED) is 0.0264. The number of phosphoric acid groups is 1. The molecule has 0 amide bonds. The fraction of sp³-hybridized carbons (Fsp3) is 0.746. The molecule has 422 valence electrons. The molecule has 0 aliphatic rings. The highest BCUT2D eigenvalue weighted by atomic mass is 31.2. The zero-order valence-electron chi connectivity index (χ0n) is 47.1. The summed E-state index contributed by atoms with van der Waals surface area (Å²) in [5.41, 5.74) is 5.38. The first-order valence-electron chi connectivity index (χ1n) is 30.1. The molecule has 3 N–H and O–H groups in total. The minimum Gasteiger partial charge on any atom is -0.462 e. The molecule has 0 saturated heterocycles. The molecular formula is C63H112NO8P. The van der Waals surface area contributed by atoms with Gasteiger partial charge >= 0.3 is 19.8 Å². The number of ether oxygens (including phenoxy) is 2. The second kappa shape index (κ2) is 58.5. The van der Waals surface area contributed by atoms with E-state index in [9.17, 15) is 19.0 Å². The number of allylic oxidation sites excluding steroid dienone is 14. The fourth-order valence-corrected chi connectivity index (χ4v) is 9.15. The molecule has 0 aliphatic heterocycles. The number of nitrogens with two attached hydrogens (primary N) is 1. The van der Waals surface area contributed by atoms with E-state index >= 15 is 0 Å². The summed E-state index contributed by atoms with van der Waals surface area (Å²) in [6.45, 7) is 3.65. The number of carbonyl (C=O) groups excluding carboxylic acids is 2. The van der Waals surface area contributed by atoms with Gasteiger partial charge in [-0.2, -0.15) is 0 Å². The molecule has 0 heterocycles. The molecule has 0 bridgehead atoms. The van der Waals surface area contributed by atoms with Gasteiger partial charge in [0.05, 0.1) is 13.2 Å². The van der Waals surface area contributed by atoms with Crippen LogP contribution in [0.4, 0.5) is 0 Å². The molecule has 73 heavy (non-hydrogen) atoms. The van der Waals surface area contributed by atoms with Crippen molar-refractivity contribution in [3.05, 3.63) is 85.1 Å². The van der Waals surface area contributed by atoms with Crippen molar-refractivity contribution >= 4 is 19.8 Å². The largest absolute Gasteiger partial charge is 0.472 e. The van der Waals surface area contributed by atoms with Crippen LogP contribution < -0.4 is 5.73 Å². The van der Waals surface area contributed by atoms with Gasteiger partial charge in [0, 0.05) is 19.4 Å². The van der Waals surface area contributed by atoms with Crippen molar-refractivity contribution in [1.29, 1.82) is 0 Å². The van der Waals surface area contributed by atoms with Crippen molar-refractivity contribution in [2.45, 2.75) is 277 Å². The fourth-order valence-electron chi connectivity index (χ4n) is 8.38. The Morgan fingerprint density at radius 2 is 0.753 bits per heavy atom. The van der Waals surface area contributed by atoms with Crippen LogP contribution in [-0.4, -0.2) is 49.3 Å². The SMILES string of the molecule is CC/C=C\C/C=C\C/C=C\C/C=C\C/C=C\C/C=C\C/C=C\CCCCCCCCCCCCCCCCCCCC(=O)OC(COC(=O)CCCCCCCCCCCCCCC)COP(=O)(O)OCCN. The van der Waals surface area contributed by atoms with Crippen LogP contribution >= 0.6 is 7.82 Å². The summed E-state index contributed by atoms with van der Waals surface area (Å²) in [5, 5.41) is 0. The molecule has 0 aliphatic carbocycles. The topological polar surface area (TPSA) is 134 Å². The van der Waals surface area contributed by atoms with Crippen molar-refractivity contribution < 1.29 is 37.6 Å². The monoisotopic (exact) mass is 1040 g/mol. The lowest BCUT2D eigenvalue weighted by Crippen LogP contribution is -2.29. The molecular weight excluding hydrogens is 930 g/mol. The number of hydrogen-bond acceptors (Lipinski definition) is 8. The lowest BCUT2D eigenvalue weighted by Gasteiger charge is -2.19. The Balaban J connectivity index is 3.83. The number of hydrogen-bond donors (Lipinski definition) is 2. The van der Waals surface area contributed by atoms with E-state index in [-0.39, 0.29) is 38.6 Å². The molecule has 2 unspecified atom stereocenters. The van der Waals surface area contributed by atoms with Gasteiger partial charge in [0.1, 0.15) is 6.61 Å². The molecule has 0 aromatic rings. The summed E-state index contributed by atoms with van der Waals surface area (Å²) in [6.07, 6.45) is 76.6. The van der Waals surface area contributed by atoms with Crippen molar-refractivity contribution in [3.8, 4) is 0 Å². The maximum atomic E-state index is 12.7. The Morgan fingerprint density at radius 3 is 1.12 bits per heavy atom. The molecule has 0 aromatic carbocycles. The van der Waals surface area contributed by atoms with E-state index in [1.54, 1.807) is 0 Å². The summed E-state index contributed by atoms with van der Waals surface area (Å²) in [4.78, 5) is 35.1. The maximum absolute atomic E-state index is 12.7. The van der Waals surface area contributed by atoms with Gasteiger partial charge in [-0.25, -0.2) is 4.57 Å². The van der Waals surface area contributed by atoms with Gasteiger partial charge < -0.3 is 20.1 Å². The van der Waals surface area contributed by atoms with E-state index < -0.39 is 26.5 Å². The molecule has 0 rings (SSSR count). The highest BCUT2D eigenvalue weighted by Crippen LogP contribution is 2.43. The van der Waals surface area contributed by atoms with Crippen LogP contribution in [0.25, 0.3) is 0 Å². The lowest BCUT2D eigenvalue weighted by atomic mass is 10.0. The standard InChI is InChI=1S/C63H112NO8P/c1-3-5-7-9-11-13-15-17-18-19-20-21-22-23-24-25-26-27-28-29-30-31-32-33-34-35-36-37-38-39-40-41-42-44-46-48-50-52-54-56-63(66)72-61(60-71-73(67,68)70-58-57-64)59-69-62(65)55-53-51-49-47-45-43-16-14-12-10-8-6-4-2/h5,7,11,13,17-18,20-21,23-24,26-27,29-30,61H,3-4,6,8-10,12,14-16,19,22,25,28,31-60,64H2,1-2H3,(H,67,68)/b7-5-,13-11-,18-17-,21-20-,24-23-,27-26-,30-29-. The first-order valence-corrected chi connectivity index (χ1v) is 31.6. The summed E-state index contributed by atoms with van der Waals surface area (Å²) in [6, 6.07) is 0. The Morgan fingerprint density at radius 1 is 0.425 bits per heavy atom. The van der Waals surface area contributed by atoms with Crippen molar-refractivity contribution in [2.24, 2.45) is 5.73 Å². The number of unbranched alkanes of at least 4 members (excludes halogenated alkanes) is 29. The van der Waals surface area contributed by atoms with Gasteiger partial charge in [-0.1, -0.05) is 272 Å². The predicted molar refractivity (Wildman–Crippen MR) is 312 cm³/mol. The predicted octanol–water partition coefficient (Wildman–Crippen LogP) is 19.1. The average Bonchev–Trinajstić information content (AvgIpc) is 3.38. The second-order valence-corrected chi connectivity index (χ2v) is 21.3. The molecule has 0 spiro atoms. The van der Waals surface area contributed by atoms with E-state index in [2.05, 4.69) is 98.9 Å². The third-order valence-corrected chi connectivity index (χ3v) is 13.8. The van der Waals surface area contributed by atoms with E-state index in [1.165, 1.54) is 154 Å². The van der Waals surface area contributed by atoms with Crippen molar-refractivity contribution in [3.63, 3.8) is 0 Å². The van der Waals surface area contributed by atoms with Crippen molar-refractivity contribution in [1.82, 2.24) is 0 Å². The van der Waals surface area contributed by atoms with Gasteiger partial charge in [-0.05, 0) is 70.6 Å². The van der Waals surface area contributed by atoms with Crippen LogP contribution in [0.1, 0.15) is 271 Å². The molecule has 0 aromatic heterocycles. The van der Waals surface area contributed by atoms with Crippen LogP contribution in [0.15, 0.2) is 85.1 Å². The van der Waals surface area contributed by atoms with Gasteiger partial charge in [-0.3, -0.25) is 18.6 Å². The molecule has 10 heteroatoms. The third kappa shape index (κ3) is 58.3. The first-order chi connectivity index (χ1) is 35.8.